The molecule has 0 aliphatic heterocycles. The second kappa shape index (κ2) is 7.56. The molecule has 2 aromatic rings. The van der Waals surface area contributed by atoms with Crippen molar-refractivity contribution in [3.05, 3.63) is 36.5 Å². The number of benzene rings is 1. The minimum Gasteiger partial charge on any atom is -0.396 e. The van der Waals surface area contributed by atoms with Gasteiger partial charge in [-0.15, -0.1) is 0 Å². The van der Waals surface area contributed by atoms with Crippen LogP contribution >= 0.6 is 0 Å². The van der Waals surface area contributed by atoms with E-state index in [0.717, 1.165) is 35.9 Å². The van der Waals surface area contributed by atoms with Crippen molar-refractivity contribution < 1.29 is 6.52 Å². The van der Waals surface area contributed by atoms with Gasteiger partial charge in [-0.25, -0.2) is 0 Å². The Balaban J connectivity index is 2.36. The molecule has 1 aromatic carbocycles. The molecule has 0 spiro atoms. The number of aliphatic hydroxyl groups excluding tert-OH is 1. The molecule has 0 aliphatic carbocycles. The zero-order chi connectivity index (χ0) is 16.9. The molecule has 22 heavy (non-hydrogen) atoms. The van der Waals surface area contributed by atoms with E-state index in [4.69, 9.17) is 7.15 Å². The Morgan fingerprint density at radius 1 is 1.36 bits per heavy atom. The zero-order valence-electron chi connectivity index (χ0n) is 14.5. The second-order valence-electron chi connectivity index (χ2n) is 6.04. The van der Waals surface area contributed by atoms with Crippen LogP contribution in [-0.4, -0.2) is 22.4 Å². The van der Waals surface area contributed by atoms with Crippen molar-refractivity contribution >= 4 is 16.6 Å². The Hall–Kier alpha value is -1.65. The predicted octanol–water partition coefficient (Wildman–Crippen LogP) is 3.51. The maximum atomic E-state index is 9.38. The summed E-state index contributed by atoms with van der Waals surface area (Å²) in [5.74, 6) is 0.0527. The highest BCUT2D eigenvalue weighted by molar-refractivity contribution is 5.91. The van der Waals surface area contributed by atoms with Gasteiger partial charge < -0.3 is 16.2 Å². The van der Waals surface area contributed by atoms with Crippen molar-refractivity contribution in [3.63, 3.8) is 0 Å². The molecule has 0 radical (unpaired) electrons. The standard InChI is InChI=1S/C18H27N3O/c1-3-4-7-14(11-13-22)18(2,19)21-17-10-12-20-16-9-6-5-8-15(16)17/h5-6,8-10,12,14,22H,3-4,7,11,13,19H2,1-2H3,(H,20,21)/i/hD. The molecule has 2 rings (SSSR count). The third kappa shape index (κ3) is 3.96. The number of fused-ring (bicyclic) bond motifs is 1. The monoisotopic (exact) mass is 302 g/mol. The van der Waals surface area contributed by atoms with Gasteiger partial charge in [0, 0.05) is 23.9 Å². The highest BCUT2D eigenvalue weighted by Gasteiger charge is 2.29. The van der Waals surface area contributed by atoms with Crippen LogP contribution in [0.5, 0.6) is 0 Å². The fourth-order valence-corrected chi connectivity index (χ4v) is 2.86. The molecule has 120 valence electrons. The first-order valence-corrected chi connectivity index (χ1v) is 8.05. The highest BCUT2D eigenvalue weighted by atomic mass is 16.3. The zero-order valence-corrected chi connectivity index (χ0v) is 13.5. The van der Waals surface area contributed by atoms with Crippen molar-refractivity contribution in [2.45, 2.75) is 45.2 Å². The second-order valence-corrected chi connectivity index (χ2v) is 6.04. The van der Waals surface area contributed by atoms with Gasteiger partial charge in [-0.2, -0.15) is 0 Å². The summed E-state index contributed by atoms with van der Waals surface area (Å²) >= 11 is 0. The first-order valence-electron chi connectivity index (χ1n) is 8.49. The van der Waals surface area contributed by atoms with Gasteiger partial charge in [-0.05, 0) is 37.8 Å². The van der Waals surface area contributed by atoms with Gasteiger partial charge in [-0.1, -0.05) is 38.0 Å². The van der Waals surface area contributed by atoms with E-state index in [2.05, 4.69) is 11.9 Å². The number of nitrogens with zero attached hydrogens (tertiary/aromatic N) is 1. The van der Waals surface area contributed by atoms with Gasteiger partial charge in [0.05, 0.1) is 11.2 Å². The van der Waals surface area contributed by atoms with Crippen LogP contribution in [0.3, 0.4) is 0 Å². The minimum atomic E-state index is -0.859. The number of para-hydroxylation sites is 1. The summed E-state index contributed by atoms with van der Waals surface area (Å²) < 4.78 is 8.64. The van der Waals surface area contributed by atoms with Gasteiger partial charge in [0.1, 0.15) is 0 Å². The summed E-state index contributed by atoms with van der Waals surface area (Å²) in [5.41, 5.74) is 7.30. The van der Waals surface area contributed by atoms with Gasteiger partial charge in [0.2, 0.25) is 0 Å². The van der Waals surface area contributed by atoms with Crippen LogP contribution in [0, 0.1) is 5.92 Å². The number of nitrogens with one attached hydrogen (secondary N) is 1. The third-order valence-corrected chi connectivity index (χ3v) is 4.20. The normalized spacial score (nSPS) is 16.1. The molecule has 4 nitrogen and oxygen atoms in total. The maximum absolute atomic E-state index is 9.38. The largest absolute Gasteiger partial charge is 0.396 e. The average Bonchev–Trinajstić information content (AvgIpc) is 2.57. The topological polar surface area (TPSA) is 71.2 Å². The molecular weight excluding hydrogens is 274 g/mol. The Morgan fingerprint density at radius 2 is 2.14 bits per heavy atom. The van der Waals surface area contributed by atoms with E-state index in [9.17, 15) is 5.11 Å². The van der Waals surface area contributed by atoms with E-state index in [-0.39, 0.29) is 12.5 Å². The average molecular weight is 302 g/mol. The summed E-state index contributed by atoms with van der Waals surface area (Å²) in [4.78, 5) is 4.35. The van der Waals surface area contributed by atoms with E-state index in [1.165, 1.54) is 5.31 Å². The number of pyridine rings is 1. The van der Waals surface area contributed by atoms with Gasteiger partial charge >= 0.3 is 0 Å². The van der Waals surface area contributed by atoms with E-state index in [1.54, 1.807) is 6.20 Å². The molecule has 4 N–H and O–H groups in total. The summed E-state index contributed by atoms with van der Waals surface area (Å²) in [6.07, 6.45) is 5.34. The lowest BCUT2D eigenvalue weighted by molar-refractivity contribution is 0.207. The highest BCUT2D eigenvalue weighted by Crippen LogP contribution is 2.29. The van der Waals surface area contributed by atoms with E-state index >= 15 is 0 Å². The van der Waals surface area contributed by atoms with Gasteiger partial charge in [0.25, 0.3) is 0 Å². The van der Waals surface area contributed by atoms with Crippen LogP contribution in [0.1, 0.15) is 39.5 Å². The van der Waals surface area contributed by atoms with Crippen LogP contribution in [0.25, 0.3) is 10.9 Å². The Labute approximate surface area is 134 Å². The number of hydrogen-bond acceptors (Lipinski definition) is 4. The Morgan fingerprint density at radius 3 is 2.86 bits per heavy atom. The third-order valence-electron chi connectivity index (χ3n) is 4.20. The molecule has 0 bridgehead atoms. The molecule has 0 saturated heterocycles. The van der Waals surface area contributed by atoms with E-state index < -0.39 is 5.66 Å². The maximum Gasteiger partial charge on any atom is 0.162 e. The summed E-state index contributed by atoms with van der Waals surface area (Å²) in [6, 6.07) is 9.60. The number of aromatic nitrogens is 1. The molecule has 1 aromatic heterocycles. The van der Waals surface area contributed by atoms with Crippen LogP contribution in [0.2, 0.25) is 1.41 Å². The van der Waals surface area contributed by atoms with Crippen molar-refractivity contribution in [2.24, 2.45) is 11.7 Å². The summed E-state index contributed by atoms with van der Waals surface area (Å²) in [5, 5.41) is 11.7. The van der Waals surface area contributed by atoms with Crippen LogP contribution in [0.4, 0.5) is 5.69 Å². The summed E-state index contributed by atoms with van der Waals surface area (Å²) in [6.45, 7) is 4.11. The predicted molar refractivity (Wildman–Crippen MR) is 92.7 cm³/mol. The van der Waals surface area contributed by atoms with Gasteiger partial charge in [0.15, 0.2) is 1.41 Å². The molecule has 2 atom stereocenters. The molecule has 0 fully saturated rings. The first-order chi connectivity index (χ1) is 11.0. The number of anilines is 1. The molecule has 0 amide bonds. The van der Waals surface area contributed by atoms with Crippen molar-refractivity contribution in [1.29, 1.82) is 0 Å². The Bertz CT molecular complexity index is 627. The number of nitrogens with two attached hydrogens (primary N) is 1. The molecule has 0 saturated carbocycles. The quantitative estimate of drug-likeness (QED) is 0.653. The number of rotatable bonds is 8. The van der Waals surface area contributed by atoms with Gasteiger partial charge in [-0.3, -0.25) is 4.98 Å². The van der Waals surface area contributed by atoms with Crippen LogP contribution in [-0.2, 0) is 0 Å². The van der Waals surface area contributed by atoms with Crippen molar-refractivity contribution in [1.82, 2.24) is 4.98 Å². The van der Waals surface area contributed by atoms with Crippen LogP contribution in [0.15, 0.2) is 36.5 Å². The molecular formula is C18H27N3O. The lowest BCUT2D eigenvalue weighted by Gasteiger charge is -2.36. The Kier molecular flexibility index (Phi) is 5.24. The first kappa shape index (κ1) is 15.3. The number of hydrogen-bond donors (Lipinski definition) is 3. The fraction of sp³-hybridized carbons (Fsp3) is 0.500. The fourth-order valence-electron chi connectivity index (χ4n) is 2.86. The number of aliphatic hydroxyl groups is 1. The molecule has 1 heterocycles. The van der Waals surface area contributed by atoms with Crippen molar-refractivity contribution in [2.75, 3.05) is 11.9 Å². The smallest absolute Gasteiger partial charge is 0.162 e. The summed E-state index contributed by atoms with van der Waals surface area (Å²) in [7, 11) is 0. The lowest BCUT2D eigenvalue weighted by Crippen LogP contribution is -2.51. The molecule has 2 unspecified atom stereocenters. The molecule has 4 heteroatoms. The number of unbranched alkanes of at least 4 members (excludes halogenated alkanes) is 1. The van der Waals surface area contributed by atoms with E-state index in [1.807, 2.05) is 37.3 Å². The van der Waals surface area contributed by atoms with Crippen LogP contribution < -0.4 is 11.0 Å². The minimum absolute atomic E-state index is 0.0527. The SMILES string of the molecule is [2H]N(c1ccnc2ccccc12)C(C)(N)C(CCO)CCCC. The van der Waals surface area contributed by atoms with E-state index in [0.29, 0.717) is 6.42 Å². The molecule has 0 aliphatic rings. The van der Waals surface area contributed by atoms with Crippen molar-refractivity contribution in [3.8, 4) is 0 Å². The lowest BCUT2D eigenvalue weighted by atomic mass is 9.86.